The van der Waals surface area contributed by atoms with Gasteiger partial charge in [0.15, 0.2) is 0 Å². The van der Waals surface area contributed by atoms with Gasteiger partial charge in [0.25, 0.3) is 0 Å². The zero-order valence-electron chi connectivity index (χ0n) is 5.30. The summed E-state index contributed by atoms with van der Waals surface area (Å²) in [6.45, 7) is 0. The van der Waals surface area contributed by atoms with Crippen molar-refractivity contribution in [3.8, 4) is 0 Å². The van der Waals surface area contributed by atoms with Gasteiger partial charge in [-0.25, -0.2) is 0 Å². The Morgan fingerprint density at radius 3 is 3.00 bits per heavy atom. The molecule has 1 rings (SSSR count). The minimum Gasteiger partial charge on any atom is -0.411 e. The van der Waals surface area contributed by atoms with Gasteiger partial charge < -0.3 is 5.21 Å². The van der Waals surface area contributed by atoms with Crippen molar-refractivity contribution >= 4 is 22.6 Å². The van der Waals surface area contributed by atoms with Gasteiger partial charge in [-0.3, -0.25) is 10.1 Å². The lowest BCUT2D eigenvalue weighted by Gasteiger charge is -1.78. The highest BCUT2D eigenvalue weighted by Crippen LogP contribution is 2.20. The predicted octanol–water partition coefficient (Wildman–Crippen LogP) is 1.46. The quantitative estimate of drug-likeness (QED) is 0.317. The minimum atomic E-state index is -0.487. The van der Waals surface area contributed by atoms with E-state index in [-0.39, 0.29) is 5.00 Å². The van der Waals surface area contributed by atoms with Crippen molar-refractivity contribution in [1.82, 2.24) is 0 Å². The Kier molecular flexibility index (Phi) is 2.17. The van der Waals surface area contributed by atoms with Crippen LogP contribution in [0.2, 0.25) is 0 Å². The molecular formula is C5H4N2O3S. The van der Waals surface area contributed by atoms with Crippen molar-refractivity contribution in [2.24, 2.45) is 5.16 Å². The number of thiophene rings is 1. The molecule has 58 valence electrons. The molecule has 0 amide bonds. The zero-order chi connectivity index (χ0) is 8.27. The van der Waals surface area contributed by atoms with Crippen LogP contribution in [0.4, 0.5) is 5.00 Å². The Hall–Kier alpha value is -1.43. The first-order valence-electron chi connectivity index (χ1n) is 2.64. The van der Waals surface area contributed by atoms with E-state index in [2.05, 4.69) is 5.16 Å². The first kappa shape index (κ1) is 7.67. The highest BCUT2D eigenvalue weighted by molar-refractivity contribution is 7.13. The van der Waals surface area contributed by atoms with Crippen LogP contribution in [0.5, 0.6) is 0 Å². The van der Waals surface area contributed by atoms with Crippen molar-refractivity contribution in [3.05, 3.63) is 27.1 Å². The largest absolute Gasteiger partial charge is 0.411 e. The Bertz CT molecular complexity index is 294. The highest BCUT2D eigenvalue weighted by Gasteiger charge is 2.07. The summed E-state index contributed by atoms with van der Waals surface area (Å²) in [6.07, 6.45) is 1.14. The number of hydrogen-bond donors (Lipinski definition) is 1. The van der Waals surface area contributed by atoms with Crippen LogP contribution in [0.1, 0.15) is 5.56 Å². The van der Waals surface area contributed by atoms with Crippen LogP contribution in [-0.2, 0) is 0 Å². The molecule has 0 unspecified atom stereocenters. The number of hydrogen-bond acceptors (Lipinski definition) is 5. The maximum atomic E-state index is 10.1. The molecule has 0 fully saturated rings. The third-order valence-electron chi connectivity index (χ3n) is 0.993. The van der Waals surface area contributed by atoms with Gasteiger partial charge in [-0.2, -0.15) is 0 Å². The molecule has 0 spiro atoms. The Balaban J connectivity index is 2.90. The van der Waals surface area contributed by atoms with Gasteiger partial charge in [0, 0.05) is 17.0 Å². The third-order valence-corrected chi connectivity index (χ3v) is 1.89. The monoisotopic (exact) mass is 172 g/mol. The van der Waals surface area contributed by atoms with E-state index in [4.69, 9.17) is 5.21 Å². The fraction of sp³-hybridized carbons (Fsp3) is 0. The van der Waals surface area contributed by atoms with Crippen LogP contribution in [0.25, 0.3) is 0 Å². The van der Waals surface area contributed by atoms with E-state index in [1.807, 2.05) is 0 Å². The smallest absolute Gasteiger partial charge is 0.324 e. The molecule has 0 saturated heterocycles. The van der Waals surface area contributed by atoms with E-state index < -0.39 is 4.92 Å². The van der Waals surface area contributed by atoms with E-state index in [9.17, 15) is 10.1 Å². The van der Waals surface area contributed by atoms with Crippen LogP contribution in [0.15, 0.2) is 16.6 Å². The maximum Gasteiger partial charge on any atom is 0.324 e. The summed E-state index contributed by atoms with van der Waals surface area (Å²) in [5, 5.41) is 22.5. The molecule has 1 aromatic rings. The van der Waals surface area contributed by atoms with Gasteiger partial charge in [0.2, 0.25) is 0 Å². The van der Waals surface area contributed by atoms with E-state index in [0.717, 1.165) is 17.6 Å². The van der Waals surface area contributed by atoms with Crippen molar-refractivity contribution in [1.29, 1.82) is 0 Å². The molecule has 1 N–H and O–H groups in total. The second-order valence-electron chi connectivity index (χ2n) is 1.72. The lowest BCUT2D eigenvalue weighted by molar-refractivity contribution is -0.380. The normalized spacial score (nSPS) is 10.5. The molecule has 0 saturated carbocycles. The summed E-state index contributed by atoms with van der Waals surface area (Å²) in [5.41, 5.74) is 0.532. The van der Waals surface area contributed by atoms with Crippen LogP contribution in [0, 0.1) is 10.1 Å². The first-order chi connectivity index (χ1) is 5.24. The van der Waals surface area contributed by atoms with Gasteiger partial charge in [-0.1, -0.05) is 16.5 Å². The fourth-order valence-electron chi connectivity index (χ4n) is 0.569. The van der Waals surface area contributed by atoms with Crippen molar-refractivity contribution < 1.29 is 10.1 Å². The maximum absolute atomic E-state index is 10.1. The second-order valence-corrected chi connectivity index (χ2v) is 2.61. The summed E-state index contributed by atoms with van der Waals surface area (Å²) in [5.74, 6) is 0. The molecule has 0 bridgehead atoms. The van der Waals surface area contributed by atoms with Crippen molar-refractivity contribution in [3.63, 3.8) is 0 Å². The van der Waals surface area contributed by atoms with Crippen LogP contribution in [0.3, 0.4) is 0 Å². The molecule has 0 aliphatic carbocycles. The van der Waals surface area contributed by atoms with Crippen molar-refractivity contribution in [2.45, 2.75) is 0 Å². The molecule has 0 aliphatic heterocycles. The lowest BCUT2D eigenvalue weighted by atomic mass is 10.4. The highest BCUT2D eigenvalue weighted by atomic mass is 32.1. The molecule has 0 radical (unpaired) electrons. The molecule has 0 aliphatic rings. The topological polar surface area (TPSA) is 75.7 Å². The number of nitrogens with zero attached hydrogens (tertiary/aromatic N) is 2. The minimum absolute atomic E-state index is 0.0416. The summed E-state index contributed by atoms with van der Waals surface area (Å²) < 4.78 is 0. The Labute approximate surface area is 65.7 Å². The van der Waals surface area contributed by atoms with Crippen LogP contribution in [-0.4, -0.2) is 16.3 Å². The number of nitro groups is 1. The average molecular weight is 172 g/mol. The molecular weight excluding hydrogens is 168 g/mol. The van der Waals surface area contributed by atoms with Gasteiger partial charge in [-0.05, 0) is 0 Å². The molecule has 0 atom stereocenters. The predicted molar refractivity (Wildman–Crippen MR) is 40.4 cm³/mol. The standard InChI is InChI=1S/C5H4N2O3S/c8-6-2-4-1-5(7(9)10)11-3-4/h1-3,8H/b6-2+. The van der Waals surface area contributed by atoms with Crippen LogP contribution < -0.4 is 0 Å². The zero-order valence-corrected chi connectivity index (χ0v) is 6.11. The summed E-state index contributed by atoms with van der Waals surface area (Å²) in [4.78, 5) is 9.64. The molecule has 5 nitrogen and oxygen atoms in total. The van der Waals surface area contributed by atoms with Gasteiger partial charge in [0.1, 0.15) is 0 Å². The number of oxime groups is 1. The molecule has 1 heterocycles. The van der Waals surface area contributed by atoms with Gasteiger partial charge >= 0.3 is 5.00 Å². The summed E-state index contributed by atoms with van der Waals surface area (Å²) in [6, 6.07) is 1.34. The van der Waals surface area contributed by atoms with E-state index in [1.54, 1.807) is 0 Å². The fourth-order valence-corrected chi connectivity index (χ4v) is 1.25. The molecule has 0 aromatic carbocycles. The van der Waals surface area contributed by atoms with E-state index in [1.165, 1.54) is 11.4 Å². The van der Waals surface area contributed by atoms with Gasteiger partial charge in [0.05, 0.1) is 11.1 Å². The van der Waals surface area contributed by atoms with E-state index >= 15 is 0 Å². The molecule has 1 aromatic heterocycles. The third kappa shape index (κ3) is 1.74. The SMILES string of the molecule is O=[N+]([O-])c1cc(/C=N/O)cs1. The van der Waals surface area contributed by atoms with Gasteiger partial charge in [-0.15, -0.1) is 0 Å². The second kappa shape index (κ2) is 3.11. The summed E-state index contributed by atoms with van der Waals surface area (Å²) >= 11 is 0.996. The first-order valence-corrected chi connectivity index (χ1v) is 3.52. The average Bonchev–Trinajstić information content (AvgIpc) is 2.37. The number of rotatable bonds is 2. The molecule has 11 heavy (non-hydrogen) atoms. The van der Waals surface area contributed by atoms with Crippen molar-refractivity contribution in [2.75, 3.05) is 0 Å². The van der Waals surface area contributed by atoms with E-state index in [0.29, 0.717) is 5.56 Å². The lowest BCUT2D eigenvalue weighted by Crippen LogP contribution is -1.81. The molecule has 6 heteroatoms. The Morgan fingerprint density at radius 2 is 2.55 bits per heavy atom. The Morgan fingerprint density at radius 1 is 1.82 bits per heavy atom. The summed E-state index contributed by atoms with van der Waals surface area (Å²) in [7, 11) is 0. The van der Waals surface area contributed by atoms with Crippen LogP contribution >= 0.6 is 11.3 Å².